The second-order valence-electron chi connectivity index (χ2n) is 6.38. The van der Waals surface area contributed by atoms with Crippen LogP contribution in [0.3, 0.4) is 0 Å². The van der Waals surface area contributed by atoms with E-state index in [1.54, 1.807) is 18.7 Å². The molecule has 0 aliphatic rings. The number of hydrogen-bond acceptors (Lipinski definition) is 4. The number of carbonyl (C=O) groups is 1. The third-order valence-electron chi connectivity index (χ3n) is 4.42. The van der Waals surface area contributed by atoms with Gasteiger partial charge in [-0.15, -0.1) is 0 Å². The molecule has 0 unspecified atom stereocenters. The molecule has 0 aliphatic heterocycles. The first kappa shape index (κ1) is 17.7. The standard InChI is InChI=1S/C20H21N7O/c28-20(22-8-3-10-26-15-25-17-4-1-2-5-18(17)26)24-13-16-6-7-19(23-12-16)27-11-9-21-14-27/h1-2,4-7,9,11-12,14-15H,3,8,10,13H2,(H2,22,24,28). The molecule has 4 aromatic rings. The van der Waals surface area contributed by atoms with Crippen LogP contribution in [-0.2, 0) is 13.1 Å². The minimum Gasteiger partial charge on any atom is -0.338 e. The fourth-order valence-corrected chi connectivity index (χ4v) is 2.95. The number of pyridine rings is 1. The molecule has 2 N–H and O–H groups in total. The van der Waals surface area contributed by atoms with Gasteiger partial charge in [0.15, 0.2) is 0 Å². The van der Waals surface area contributed by atoms with Crippen molar-refractivity contribution in [1.82, 2.24) is 34.7 Å². The van der Waals surface area contributed by atoms with Gasteiger partial charge in [-0.3, -0.25) is 4.57 Å². The van der Waals surface area contributed by atoms with Crippen molar-refractivity contribution in [1.29, 1.82) is 0 Å². The molecule has 0 radical (unpaired) electrons. The van der Waals surface area contributed by atoms with Crippen molar-refractivity contribution in [3.05, 3.63) is 73.2 Å². The number of nitrogens with zero attached hydrogens (tertiary/aromatic N) is 5. The van der Waals surface area contributed by atoms with Crippen molar-refractivity contribution in [2.45, 2.75) is 19.5 Å². The van der Waals surface area contributed by atoms with E-state index >= 15 is 0 Å². The zero-order chi connectivity index (χ0) is 19.2. The normalized spacial score (nSPS) is 10.9. The quantitative estimate of drug-likeness (QED) is 0.486. The Labute approximate surface area is 162 Å². The average molecular weight is 375 g/mol. The highest BCUT2D eigenvalue weighted by Gasteiger charge is 2.03. The number of rotatable bonds is 7. The number of aryl methyl sites for hydroxylation is 1. The lowest BCUT2D eigenvalue weighted by molar-refractivity contribution is 0.240. The van der Waals surface area contributed by atoms with E-state index in [4.69, 9.17) is 0 Å². The predicted octanol–water partition coefficient (Wildman–Crippen LogP) is 2.51. The summed E-state index contributed by atoms with van der Waals surface area (Å²) in [4.78, 5) is 24.7. The van der Waals surface area contributed by atoms with E-state index in [9.17, 15) is 4.79 Å². The molecule has 1 aromatic carbocycles. The van der Waals surface area contributed by atoms with Crippen molar-refractivity contribution in [2.24, 2.45) is 0 Å². The molecule has 0 spiro atoms. The maximum absolute atomic E-state index is 12.0. The van der Waals surface area contributed by atoms with Crippen LogP contribution in [0.25, 0.3) is 16.9 Å². The summed E-state index contributed by atoms with van der Waals surface area (Å²) in [5, 5.41) is 5.73. The number of hydrogen-bond donors (Lipinski definition) is 2. The van der Waals surface area contributed by atoms with Gasteiger partial charge in [0.05, 0.1) is 17.4 Å². The van der Waals surface area contributed by atoms with E-state index in [0.717, 1.165) is 35.4 Å². The topological polar surface area (TPSA) is 89.7 Å². The summed E-state index contributed by atoms with van der Waals surface area (Å²) < 4.78 is 3.93. The highest BCUT2D eigenvalue weighted by atomic mass is 16.2. The molecular formula is C20H21N7O. The smallest absolute Gasteiger partial charge is 0.315 e. The van der Waals surface area contributed by atoms with Crippen molar-refractivity contribution >= 4 is 17.1 Å². The van der Waals surface area contributed by atoms with Crippen molar-refractivity contribution in [3.63, 3.8) is 0 Å². The fourth-order valence-electron chi connectivity index (χ4n) is 2.95. The van der Waals surface area contributed by atoms with Crippen LogP contribution in [0.1, 0.15) is 12.0 Å². The first-order valence-corrected chi connectivity index (χ1v) is 9.14. The maximum atomic E-state index is 12.0. The second-order valence-corrected chi connectivity index (χ2v) is 6.38. The molecule has 4 rings (SSSR count). The van der Waals surface area contributed by atoms with Crippen LogP contribution in [0.5, 0.6) is 0 Å². The van der Waals surface area contributed by atoms with Gasteiger partial charge in [0.1, 0.15) is 12.1 Å². The van der Waals surface area contributed by atoms with Gasteiger partial charge in [-0.1, -0.05) is 18.2 Å². The van der Waals surface area contributed by atoms with Gasteiger partial charge in [0.2, 0.25) is 0 Å². The van der Waals surface area contributed by atoms with Crippen molar-refractivity contribution < 1.29 is 4.79 Å². The van der Waals surface area contributed by atoms with E-state index in [-0.39, 0.29) is 6.03 Å². The molecule has 28 heavy (non-hydrogen) atoms. The van der Waals surface area contributed by atoms with Gasteiger partial charge < -0.3 is 15.2 Å². The first-order chi connectivity index (χ1) is 13.8. The molecule has 142 valence electrons. The lowest BCUT2D eigenvalue weighted by atomic mass is 10.3. The third kappa shape index (κ3) is 4.17. The summed E-state index contributed by atoms with van der Waals surface area (Å²) in [6.45, 7) is 1.83. The number of fused-ring (bicyclic) bond motifs is 1. The van der Waals surface area contributed by atoms with Crippen LogP contribution in [0.4, 0.5) is 4.79 Å². The second kappa shape index (κ2) is 8.34. The summed E-state index contributed by atoms with van der Waals surface area (Å²) in [5.41, 5.74) is 3.03. The Morgan fingerprint density at radius 3 is 2.79 bits per heavy atom. The number of imidazole rings is 2. The third-order valence-corrected chi connectivity index (χ3v) is 4.42. The number of carbonyl (C=O) groups excluding carboxylic acids is 1. The highest BCUT2D eigenvalue weighted by molar-refractivity contribution is 5.75. The Morgan fingerprint density at radius 1 is 1.04 bits per heavy atom. The summed E-state index contributed by atoms with van der Waals surface area (Å²) in [5.74, 6) is 0.790. The molecule has 0 bridgehead atoms. The SMILES string of the molecule is O=C(NCCCn1cnc2ccccc21)NCc1ccc(-n2ccnc2)nc1. The first-order valence-electron chi connectivity index (χ1n) is 9.14. The van der Waals surface area contributed by atoms with Crippen LogP contribution in [0.2, 0.25) is 0 Å². The van der Waals surface area contributed by atoms with Gasteiger partial charge in [0.25, 0.3) is 0 Å². The number of aromatic nitrogens is 5. The summed E-state index contributed by atoms with van der Waals surface area (Å²) in [6, 6.07) is 11.7. The zero-order valence-electron chi connectivity index (χ0n) is 15.3. The maximum Gasteiger partial charge on any atom is 0.315 e. The van der Waals surface area contributed by atoms with Gasteiger partial charge in [0, 0.05) is 38.2 Å². The monoisotopic (exact) mass is 375 g/mol. The molecule has 2 amide bonds. The Morgan fingerprint density at radius 2 is 1.96 bits per heavy atom. The minimum atomic E-state index is -0.186. The van der Waals surface area contributed by atoms with Crippen LogP contribution >= 0.6 is 0 Å². The van der Waals surface area contributed by atoms with Crippen LogP contribution in [0.15, 0.2) is 67.6 Å². The molecule has 3 heterocycles. The lowest BCUT2D eigenvalue weighted by Gasteiger charge is -2.09. The van der Waals surface area contributed by atoms with E-state index < -0.39 is 0 Å². The molecule has 0 saturated carbocycles. The van der Waals surface area contributed by atoms with E-state index in [2.05, 4.69) is 36.2 Å². The average Bonchev–Trinajstić information content (AvgIpc) is 3.40. The largest absolute Gasteiger partial charge is 0.338 e. The van der Waals surface area contributed by atoms with Crippen LogP contribution in [0, 0.1) is 0 Å². The molecular weight excluding hydrogens is 354 g/mol. The number of benzene rings is 1. The zero-order valence-corrected chi connectivity index (χ0v) is 15.3. The predicted molar refractivity (Wildman–Crippen MR) is 106 cm³/mol. The Kier molecular flexibility index (Phi) is 5.28. The Hall–Kier alpha value is -3.68. The number of para-hydroxylation sites is 2. The Balaban J connectivity index is 1.19. The van der Waals surface area contributed by atoms with E-state index in [0.29, 0.717) is 13.1 Å². The van der Waals surface area contributed by atoms with E-state index in [1.807, 2.05) is 47.4 Å². The molecule has 0 fully saturated rings. The van der Waals surface area contributed by atoms with Gasteiger partial charge in [-0.25, -0.2) is 19.7 Å². The van der Waals surface area contributed by atoms with Gasteiger partial charge in [-0.2, -0.15) is 0 Å². The molecule has 0 aliphatic carbocycles. The molecule has 8 nitrogen and oxygen atoms in total. The van der Waals surface area contributed by atoms with Crippen molar-refractivity contribution in [3.8, 4) is 5.82 Å². The van der Waals surface area contributed by atoms with Crippen LogP contribution < -0.4 is 10.6 Å². The summed E-state index contributed by atoms with van der Waals surface area (Å²) in [7, 11) is 0. The Bertz CT molecular complexity index is 1040. The molecule has 0 saturated heterocycles. The molecule has 0 atom stereocenters. The lowest BCUT2D eigenvalue weighted by Crippen LogP contribution is -2.35. The number of amides is 2. The van der Waals surface area contributed by atoms with E-state index in [1.165, 1.54) is 0 Å². The number of nitrogens with one attached hydrogen (secondary N) is 2. The fraction of sp³-hybridized carbons (Fsp3) is 0.200. The summed E-state index contributed by atoms with van der Waals surface area (Å²) in [6.07, 6.45) is 9.65. The van der Waals surface area contributed by atoms with Gasteiger partial charge >= 0.3 is 6.03 Å². The molecule has 8 heteroatoms. The van der Waals surface area contributed by atoms with Crippen molar-refractivity contribution in [2.75, 3.05) is 6.54 Å². The minimum absolute atomic E-state index is 0.186. The van der Waals surface area contributed by atoms with Gasteiger partial charge in [-0.05, 0) is 30.2 Å². The number of urea groups is 1. The molecule has 3 aromatic heterocycles. The highest BCUT2D eigenvalue weighted by Crippen LogP contribution is 2.11. The summed E-state index contributed by atoms with van der Waals surface area (Å²) >= 11 is 0. The van der Waals surface area contributed by atoms with Crippen LogP contribution in [-0.4, -0.2) is 36.7 Å².